The van der Waals surface area contributed by atoms with Gasteiger partial charge >= 0.3 is 5.97 Å². The van der Waals surface area contributed by atoms with E-state index in [1.54, 1.807) is 0 Å². The molecule has 0 heterocycles. The molecule has 0 bridgehead atoms. The van der Waals surface area contributed by atoms with E-state index in [1.807, 2.05) is 0 Å². The van der Waals surface area contributed by atoms with Gasteiger partial charge in [0.2, 0.25) is 0 Å². The number of carboxylic acid groups (broad SMARTS) is 1. The Kier molecular flexibility index (Phi) is 3.10. The summed E-state index contributed by atoms with van der Waals surface area (Å²) in [6.45, 7) is 0.0785. The molecule has 1 N–H and O–H groups in total. The Morgan fingerprint density at radius 1 is 1.59 bits per heavy atom. The Hall–Kier alpha value is -1.13. The zero-order chi connectivity index (χ0) is 12.6. The maximum Gasteiger partial charge on any atom is 0.314 e. The molecule has 0 amide bonds. The molecule has 1 aromatic carbocycles. The first-order valence-corrected chi connectivity index (χ1v) is 5.60. The second-order valence-electron chi connectivity index (χ2n) is 4.25. The molecular weight excluding hydrogens is 247 g/mol. The normalized spacial score (nSPS) is 16.9. The molecule has 1 aliphatic carbocycles. The lowest BCUT2D eigenvalue weighted by atomic mass is 9.93. The molecular formula is C12H12ClFO3. The highest BCUT2D eigenvalue weighted by Gasteiger charge is 2.53. The highest BCUT2D eigenvalue weighted by Crippen LogP contribution is 2.50. The van der Waals surface area contributed by atoms with Crippen molar-refractivity contribution in [2.24, 2.45) is 0 Å². The lowest BCUT2D eigenvalue weighted by Gasteiger charge is -2.14. The van der Waals surface area contributed by atoms with Crippen molar-refractivity contribution in [3.05, 3.63) is 34.1 Å². The summed E-state index contributed by atoms with van der Waals surface area (Å²) < 4.78 is 19.0. The number of rotatable bonds is 4. The topological polar surface area (TPSA) is 46.5 Å². The minimum atomic E-state index is -1.09. The summed E-state index contributed by atoms with van der Waals surface area (Å²) in [6.07, 6.45) is 0.901. The summed E-state index contributed by atoms with van der Waals surface area (Å²) in [4.78, 5) is 11.2. The lowest BCUT2D eigenvalue weighted by Crippen LogP contribution is -2.21. The van der Waals surface area contributed by atoms with Gasteiger partial charge in [-0.1, -0.05) is 11.6 Å². The first-order valence-electron chi connectivity index (χ1n) is 5.22. The van der Waals surface area contributed by atoms with Gasteiger partial charge in [-0.25, -0.2) is 4.39 Å². The molecule has 0 aromatic heterocycles. The number of ether oxygens (including phenoxy) is 1. The van der Waals surface area contributed by atoms with Crippen LogP contribution in [0.25, 0.3) is 0 Å². The van der Waals surface area contributed by atoms with Crippen molar-refractivity contribution in [3.8, 4) is 0 Å². The van der Waals surface area contributed by atoms with E-state index in [2.05, 4.69) is 0 Å². The van der Waals surface area contributed by atoms with Crippen molar-refractivity contribution in [2.45, 2.75) is 24.9 Å². The standard InChI is InChI=1S/C12H12ClFO3/c1-17-6-7-4-8(13)5-9(10(7)14)12(2-3-12)11(15)16/h4-5H,2-3,6H2,1H3,(H,15,16). The van der Waals surface area contributed by atoms with Gasteiger partial charge in [0.15, 0.2) is 0 Å². The van der Waals surface area contributed by atoms with Gasteiger partial charge in [0.1, 0.15) is 5.82 Å². The van der Waals surface area contributed by atoms with Crippen LogP contribution in [-0.4, -0.2) is 18.2 Å². The molecule has 0 saturated heterocycles. The van der Waals surface area contributed by atoms with Crippen LogP contribution in [-0.2, 0) is 21.6 Å². The molecule has 1 fully saturated rings. The molecule has 17 heavy (non-hydrogen) atoms. The van der Waals surface area contributed by atoms with Crippen LogP contribution in [0, 0.1) is 5.82 Å². The molecule has 92 valence electrons. The summed E-state index contributed by atoms with van der Waals surface area (Å²) in [5.74, 6) is -1.52. The highest BCUT2D eigenvalue weighted by atomic mass is 35.5. The van der Waals surface area contributed by atoms with Crippen molar-refractivity contribution >= 4 is 17.6 Å². The van der Waals surface area contributed by atoms with Crippen molar-refractivity contribution in [3.63, 3.8) is 0 Å². The summed E-state index contributed by atoms with van der Waals surface area (Å²) in [6, 6.07) is 2.86. The smallest absolute Gasteiger partial charge is 0.314 e. The van der Waals surface area contributed by atoms with E-state index in [1.165, 1.54) is 19.2 Å². The van der Waals surface area contributed by atoms with Crippen molar-refractivity contribution in [1.29, 1.82) is 0 Å². The van der Waals surface area contributed by atoms with Gasteiger partial charge in [0, 0.05) is 23.3 Å². The monoisotopic (exact) mass is 258 g/mol. The van der Waals surface area contributed by atoms with Crippen LogP contribution in [0.5, 0.6) is 0 Å². The third-order valence-electron chi connectivity index (χ3n) is 3.09. The maximum absolute atomic E-state index is 14.1. The number of methoxy groups -OCH3 is 1. The zero-order valence-electron chi connectivity index (χ0n) is 9.30. The molecule has 0 radical (unpaired) electrons. The Bertz CT molecular complexity index is 469. The van der Waals surface area contributed by atoms with E-state index in [0.29, 0.717) is 23.4 Å². The van der Waals surface area contributed by atoms with Crippen molar-refractivity contribution in [2.75, 3.05) is 7.11 Å². The van der Waals surface area contributed by atoms with Crippen molar-refractivity contribution < 1.29 is 19.0 Å². The van der Waals surface area contributed by atoms with E-state index < -0.39 is 17.2 Å². The molecule has 5 heteroatoms. The largest absolute Gasteiger partial charge is 0.481 e. The number of benzene rings is 1. The molecule has 0 unspecified atom stereocenters. The summed E-state index contributed by atoms with van der Waals surface area (Å²) in [5.41, 5.74) is -0.621. The maximum atomic E-state index is 14.1. The van der Waals surface area contributed by atoms with E-state index in [-0.39, 0.29) is 12.2 Å². The van der Waals surface area contributed by atoms with E-state index in [9.17, 15) is 9.18 Å². The minimum absolute atomic E-state index is 0.0785. The first kappa shape index (κ1) is 12.3. The quantitative estimate of drug-likeness (QED) is 0.903. The second-order valence-corrected chi connectivity index (χ2v) is 4.68. The van der Waals surface area contributed by atoms with Crippen LogP contribution in [0.2, 0.25) is 5.02 Å². The van der Waals surface area contributed by atoms with E-state index >= 15 is 0 Å². The van der Waals surface area contributed by atoms with Crippen LogP contribution < -0.4 is 0 Å². The summed E-state index contributed by atoms with van der Waals surface area (Å²) in [5, 5.41) is 9.49. The third kappa shape index (κ3) is 2.03. The number of hydrogen-bond acceptors (Lipinski definition) is 2. The average Bonchev–Trinajstić information content (AvgIpc) is 3.04. The number of carbonyl (C=O) groups is 1. The minimum Gasteiger partial charge on any atom is -0.481 e. The molecule has 2 rings (SSSR count). The predicted molar refractivity (Wildman–Crippen MR) is 60.7 cm³/mol. The van der Waals surface area contributed by atoms with Crippen LogP contribution in [0.15, 0.2) is 12.1 Å². The number of hydrogen-bond donors (Lipinski definition) is 1. The van der Waals surface area contributed by atoms with E-state index in [0.717, 1.165) is 0 Å². The van der Waals surface area contributed by atoms with Gasteiger partial charge in [-0.05, 0) is 25.0 Å². The fourth-order valence-corrected chi connectivity index (χ4v) is 2.22. The zero-order valence-corrected chi connectivity index (χ0v) is 10.1. The van der Waals surface area contributed by atoms with Gasteiger partial charge < -0.3 is 9.84 Å². The van der Waals surface area contributed by atoms with Gasteiger partial charge in [-0.2, -0.15) is 0 Å². The van der Waals surface area contributed by atoms with Gasteiger partial charge in [0.05, 0.1) is 12.0 Å². The van der Waals surface area contributed by atoms with Gasteiger partial charge in [-0.15, -0.1) is 0 Å². The molecule has 0 aliphatic heterocycles. The number of carboxylic acids is 1. The number of halogens is 2. The Morgan fingerprint density at radius 3 is 2.71 bits per heavy atom. The van der Waals surface area contributed by atoms with Crippen LogP contribution in [0.1, 0.15) is 24.0 Å². The van der Waals surface area contributed by atoms with E-state index in [4.69, 9.17) is 21.4 Å². The lowest BCUT2D eigenvalue weighted by molar-refractivity contribution is -0.140. The Morgan fingerprint density at radius 2 is 2.24 bits per heavy atom. The molecule has 0 spiro atoms. The molecule has 1 saturated carbocycles. The fraction of sp³-hybridized carbons (Fsp3) is 0.417. The third-order valence-corrected chi connectivity index (χ3v) is 3.31. The van der Waals surface area contributed by atoms with Crippen LogP contribution >= 0.6 is 11.6 Å². The Balaban J connectivity index is 2.51. The number of aliphatic carboxylic acids is 1. The van der Waals surface area contributed by atoms with Crippen LogP contribution in [0.3, 0.4) is 0 Å². The molecule has 3 nitrogen and oxygen atoms in total. The summed E-state index contributed by atoms with van der Waals surface area (Å²) >= 11 is 5.88. The predicted octanol–water partition coefficient (Wildman–Crippen LogP) is 2.74. The molecule has 0 atom stereocenters. The SMILES string of the molecule is COCc1cc(Cl)cc(C2(C(=O)O)CC2)c1F. The average molecular weight is 259 g/mol. The molecule has 1 aromatic rings. The fourth-order valence-electron chi connectivity index (χ4n) is 1.98. The van der Waals surface area contributed by atoms with Gasteiger partial charge in [0.25, 0.3) is 0 Å². The highest BCUT2D eigenvalue weighted by molar-refractivity contribution is 6.30. The Labute approximate surface area is 103 Å². The van der Waals surface area contributed by atoms with Gasteiger partial charge in [-0.3, -0.25) is 4.79 Å². The summed E-state index contributed by atoms with van der Waals surface area (Å²) in [7, 11) is 1.45. The van der Waals surface area contributed by atoms with Crippen LogP contribution in [0.4, 0.5) is 4.39 Å². The molecule has 1 aliphatic rings. The first-order chi connectivity index (χ1) is 8.01. The second kappa shape index (κ2) is 4.27. The van der Waals surface area contributed by atoms with Crippen molar-refractivity contribution in [1.82, 2.24) is 0 Å².